The Bertz CT molecular complexity index is 1410. The number of aromatic nitrogens is 2. The summed E-state index contributed by atoms with van der Waals surface area (Å²) in [5.74, 6) is 2.38. The normalized spacial score (nSPS) is 17.3. The highest BCUT2D eigenvalue weighted by atomic mass is 35.5. The van der Waals surface area contributed by atoms with Crippen molar-refractivity contribution < 1.29 is 13.9 Å². The van der Waals surface area contributed by atoms with Gasteiger partial charge < -0.3 is 24.7 Å². The maximum Gasteiger partial charge on any atom is 0.290 e. The first kappa shape index (κ1) is 26.1. The topological polar surface area (TPSA) is 92.5 Å². The molecular weight excluding hydrogens is 525 g/mol. The Morgan fingerprint density at radius 2 is 1.79 bits per heavy atom. The first-order valence-electron chi connectivity index (χ1n) is 12.6. The zero-order valence-electron chi connectivity index (χ0n) is 21.2. The molecule has 0 saturated heterocycles. The van der Waals surface area contributed by atoms with Gasteiger partial charge in [-0.1, -0.05) is 35.3 Å². The third kappa shape index (κ3) is 6.31. The number of amides is 1. The number of hydrogen-bond donors (Lipinski definition) is 2. The Labute approximate surface area is 231 Å². The first-order chi connectivity index (χ1) is 18.3. The number of fused-ring (bicyclic) bond motifs is 1. The van der Waals surface area contributed by atoms with Gasteiger partial charge >= 0.3 is 0 Å². The highest BCUT2D eigenvalue weighted by Gasteiger charge is 2.23. The van der Waals surface area contributed by atoms with Crippen molar-refractivity contribution in [3.63, 3.8) is 0 Å². The second kappa shape index (κ2) is 11.5. The van der Waals surface area contributed by atoms with Crippen molar-refractivity contribution in [3.8, 4) is 11.7 Å². The molecule has 1 aliphatic rings. The van der Waals surface area contributed by atoms with Crippen LogP contribution in [0.5, 0.6) is 11.7 Å². The van der Waals surface area contributed by atoms with Crippen LogP contribution in [-0.4, -0.2) is 42.6 Å². The van der Waals surface area contributed by atoms with Crippen LogP contribution in [0.1, 0.15) is 36.0 Å². The van der Waals surface area contributed by atoms with Gasteiger partial charge in [-0.25, -0.2) is 4.98 Å². The van der Waals surface area contributed by atoms with E-state index in [1.54, 1.807) is 24.3 Å². The van der Waals surface area contributed by atoms with Crippen LogP contribution < -0.4 is 20.3 Å². The summed E-state index contributed by atoms with van der Waals surface area (Å²) < 4.78 is 11.0. The Balaban J connectivity index is 1.11. The number of para-hydroxylation sites is 1. The summed E-state index contributed by atoms with van der Waals surface area (Å²) in [7, 11) is 3.98. The molecule has 198 valence electrons. The minimum atomic E-state index is -0.200. The van der Waals surface area contributed by atoms with Crippen LogP contribution in [0.2, 0.25) is 10.0 Å². The Morgan fingerprint density at radius 3 is 2.53 bits per heavy atom. The summed E-state index contributed by atoms with van der Waals surface area (Å²) in [5, 5.41) is 8.48. The predicted octanol–water partition coefficient (Wildman–Crippen LogP) is 6.79. The van der Waals surface area contributed by atoms with Gasteiger partial charge in [-0.05, 0) is 61.9 Å². The van der Waals surface area contributed by atoms with E-state index in [2.05, 4.69) is 10.6 Å². The van der Waals surface area contributed by atoms with Gasteiger partial charge in [-0.15, -0.1) is 0 Å². The van der Waals surface area contributed by atoms with E-state index in [1.807, 2.05) is 43.3 Å². The molecule has 5 rings (SSSR count). The lowest BCUT2D eigenvalue weighted by Gasteiger charge is -2.29. The molecule has 0 spiro atoms. The Hall–Kier alpha value is -3.49. The molecule has 38 heavy (non-hydrogen) atoms. The number of furan rings is 1. The van der Waals surface area contributed by atoms with Gasteiger partial charge in [0, 0.05) is 48.2 Å². The molecule has 0 bridgehead atoms. The molecule has 2 N–H and O–H groups in total. The highest BCUT2D eigenvalue weighted by molar-refractivity contribution is 6.34. The van der Waals surface area contributed by atoms with Crippen molar-refractivity contribution in [3.05, 3.63) is 70.4 Å². The van der Waals surface area contributed by atoms with Gasteiger partial charge in [0.1, 0.15) is 17.8 Å². The van der Waals surface area contributed by atoms with Crippen LogP contribution in [0.15, 0.2) is 59.2 Å². The number of carbonyl (C=O) groups is 1. The second-order valence-electron chi connectivity index (χ2n) is 9.72. The summed E-state index contributed by atoms with van der Waals surface area (Å²) in [6.07, 6.45) is 5.35. The fourth-order valence-electron chi connectivity index (χ4n) is 4.69. The van der Waals surface area contributed by atoms with Gasteiger partial charge in [0.05, 0.1) is 11.1 Å². The molecule has 0 aliphatic heterocycles. The number of anilines is 2. The maximum absolute atomic E-state index is 12.7. The fourth-order valence-corrected chi connectivity index (χ4v) is 5.20. The van der Waals surface area contributed by atoms with Crippen molar-refractivity contribution >= 4 is 51.8 Å². The smallest absolute Gasteiger partial charge is 0.290 e. The molecule has 1 amide bonds. The maximum atomic E-state index is 12.7. The summed E-state index contributed by atoms with van der Waals surface area (Å²) in [4.78, 5) is 24.2. The lowest BCUT2D eigenvalue weighted by atomic mass is 9.86. The lowest BCUT2D eigenvalue weighted by Crippen LogP contribution is -2.34. The van der Waals surface area contributed by atoms with E-state index in [1.165, 1.54) is 6.26 Å². The average molecular weight is 554 g/mol. The monoisotopic (exact) mass is 553 g/mol. The number of halogens is 2. The molecule has 2 aromatic carbocycles. The third-order valence-electron chi connectivity index (χ3n) is 6.63. The number of rotatable bonds is 8. The molecule has 4 aromatic rings. The van der Waals surface area contributed by atoms with Crippen LogP contribution in [0.25, 0.3) is 10.9 Å². The van der Waals surface area contributed by atoms with Crippen LogP contribution in [0.4, 0.5) is 11.8 Å². The van der Waals surface area contributed by atoms with Gasteiger partial charge in [-0.2, -0.15) is 4.98 Å². The third-order valence-corrected chi connectivity index (χ3v) is 7.07. The molecule has 0 unspecified atom stereocenters. The van der Waals surface area contributed by atoms with Crippen molar-refractivity contribution in [1.82, 2.24) is 15.3 Å². The van der Waals surface area contributed by atoms with E-state index in [4.69, 9.17) is 42.3 Å². The molecular formula is C28H29Cl2N5O3. The quantitative estimate of drug-likeness (QED) is 0.248. The average Bonchev–Trinajstić information content (AvgIpc) is 3.35. The van der Waals surface area contributed by atoms with Gasteiger partial charge in [0.2, 0.25) is 5.95 Å². The summed E-state index contributed by atoms with van der Waals surface area (Å²) in [6.45, 7) is 0.605. The van der Waals surface area contributed by atoms with E-state index < -0.39 is 0 Å². The fraction of sp³-hybridized carbons (Fsp3) is 0.321. The van der Waals surface area contributed by atoms with Gasteiger partial charge in [0.25, 0.3) is 11.9 Å². The molecule has 0 radical (unpaired) electrons. The second-order valence-corrected chi connectivity index (χ2v) is 10.6. The van der Waals surface area contributed by atoms with Crippen LogP contribution >= 0.6 is 23.2 Å². The van der Waals surface area contributed by atoms with E-state index in [9.17, 15) is 4.79 Å². The standard InChI is InChI=1S/C28H29Cl2N5O3/c1-35(2)26-23-5-3-4-6-24(23)33-28(34-26)32-21-9-7-17(8-10-21)15-31-27(36)18-11-25(37-16-18)38-22-13-19(29)12-20(30)14-22/h3-6,11-14,16-17,21H,7-10,15H2,1-2H3,(H,31,36)(H,32,33,34). The molecule has 8 nitrogen and oxygen atoms in total. The number of carbonyl (C=O) groups excluding carboxylic acids is 1. The summed E-state index contributed by atoms with van der Waals surface area (Å²) >= 11 is 12.0. The van der Waals surface area contributed by atoms with Crippen LogP contribution in [0, 0.1) is 5.92 Å². The molecule has 2 aromatic heterocycles. The molecule has 0 atom stereocenters. The van der Waals surface area contributed by atoms with Crippen molar-refractivity contribution in [2.75, 3.05) is 30.9 Å². The minimum absolute atomic E-state index is 0.188. The van der Waals surface area contributed by atoms with E-state index >= 15 is 0 Å². The van der Waals surface area contributed by atoms with Crippen molar-refractivity contribution in [1.29, 1.82) is 0 Å². The largest absolute Gasteiger partial charge is 0.433 e. The van der Waals surface area contributed by atoms with Gasteiger partial charge in [0.15, 0.2) is 0 Å². The first-order valence-corrected chi connectivity index (χ1v) is 13.3. The van der Waals surface area contributed by atoms with E-state index in [0.717, 1.165) is 42.4 Å². The van der Waals surface area contributed by atoms with Crippen molar-refractivity contribution in [2.24, 2.45) is 5.92 Å². The Kier molecular flexibility index (Phi) is 7.90. The SMILES string of the molecule is CN(C)c1nc(NC2CCC(CNC(=O)c3coc(Oc4cc(Cl)cc(Cl)c4)c3)CC2)nc2ccccc12. The van der Waals surface area contributed by atoms with E-state index in [-0.39, 0.29) is 11.9 Å². The number of benzene rings is 2. The molecule has 1 aliphatic carbocycles. The molecule has 1 fully saturated rings. The van der Waals surface area contributed by atoms with E-state index in [0.29, 0.717) is 45.8 Å². The Morgan fingerprint density at radius 1 is 1.05 bits per heavy atom. The molecule has 2 heterocycles. The zero-order chi connectivity index (χ0) is 26.6. The number of hydrogen-bond acceptors (Lipinski definition) is 7. The lowest BCUT2D eigenvalue weighted by molar-refractivity contribution is 0.0942. The number of nitrogens with zero attached hydrogens (tertiary/aromatic N) is 3. The van der Waals surface area contributed by atoms with Gasteiger partial charge in [-0.3, -0.25) is 4.79 Å². The number of nitrogens with one attached hydrogen (secondary N) is 2. The zero-order valence-corrected chi connectivity index (χ0v) is 22.7. The molecule has 10 heteroatoms. The minimum Gasteiger partial charge on any atom is -0.433 e. The summed E-state index contributed by atoms with van der Waals surface area (Å²) in [6, 6.07) is 14.7. The highest BCUT2D eigenvalue weighted by Crippen LogP contribution is 2.30. The molecule has 1 saturated carbocycles. The van der Waals surface area contributed by atoms with Crippen LogP contribution in [-0.2, 0) is 0 Å². The van der Waals surface area contributed by atoms with Crippen molar-refractivity contribution in [2.45, 2.75) is 31.7 Å². The predicted molar refractivity (Wildman–Crippen MR) is 151 cm³/mol. The van der Waals surface area contributed by atoms with Crippen LogP contribution in [0.3, 0.4) is 0 Å². The number of ether oxygens (including phenoxy) is 1. The summed E-state index contributed by atoms with van der Waals surface area (Å²) in [5.41, 5.74) is 1.32.